The monoisotopic (exact) mass is 311 g/mol. The molecule has 1 atom stereocenters. The van der Waals surface area contributed by atoms with E-state index in [0.717, 1.165) is 17.3 Å². The number of halogens is 3. The molecule has 0 aliphatic rings. The molecular weight excluding hydrogens is 300 g/mol. The summed E-state index contributed by atoms with van der Waals surface area (Å²) in [7, 11) is 0. The Labute approximate surface area is 113 Å². The number of nitrogens with zero attached hydrogens (tertiary/aromatic N) is 1. The molecule has 0 spiro atoms. The molecule has 2 aromatic rings. The Kier molecular flexibility index (Phi) is 4.07. The molecule has 2 rings (SSSR count). The van der Waals surface area contributed by atoms with Crippen LogP contribution in [0.25, 0.3) is 0 Å². The summed E-state index contributed by atoms with van der Waals surface area (Å²) in [6.07, 6.45) is 2.28. The second kappa shape index (κ2) is 5.57. The van der Waals surface area contributed by atoms with E-state index >= 15 is 0 Å². The van der Waals surface area contributed by atoms with Gasteiger partial charge in [0.15, 0.2) is 0 Å². The fraction of sp³-hybridized carbons (Fsp3) is 0.214. The average Bonchev–Trinajstić information content (AvgIpc) is 2.32. The molecule has 0 saturated carbocycles. The number of alkyl halides is 1. The highest BCUT2D eigenvalue weighted by molar-refractivity contribution is 9.09. The summed E-state index contributed by atoms with van der Waals surface area (Å²) in [6.45, 7) is 1.96. The number of benzene rings is 1. The van der Waals surface area contributed by atoms with Crippen LogP contribution >= 0.6 is 15.9 Å². The molecule has 0 amide bonds. The minimum atomic E-state index is -0.565. The van der Waals surface area contributed by atoms with Crippen molar-refractivity contribution in [1.82, 2.24) is 4.98 Å². The van der Waals surface area contributed by atoms with Crippen LogP contribution in [0.3, 0.4) is 0 Å². The third kappa shape index (κ3) is 2.93. The largest absolute Gasteiger partial charge is 0.261 e. The van der Waals surface area contributed by atoms with E-state index < -0.39 is 11.6 Å². The SMILES string of the molecule is Cc1cccnc1CC(Br)c1ccc(F)cc1F. The normalized spacial score (nSPS) is 12.4. The molecule has 1 heterocycles. The van der Waals surface area contributed by atoms with E-state index in [0.29, 0.717) is 12.0 Å². The van der Waals surface area contributed by atoms with Crippen molar-refractivity contribution in [2.75, 3.05) is 0 Å². The van der Waals surface area contributed by atoms with Gasteiger partial charge in [0.25, 0.3) is 0 Å². The summed E-state index contributed by atoms with van der Waals surface area (Å²) in [5.74, 6) is -1.10. The molecular formula is C14H12BrF2N. The Morgan fingerprint density at radius 2 is 2.06 bits per heavy atom. The topological polar surface area (TPSA) is 12.9 Å². The van der Waals surface area contributed by atoms with Crippen molar-refractivity contribution < 1.29 is 8.78 Å². The predicted octanol–water partition coefficient (Wildman–Crippen LogP) is 4.35. The third-order valence-corrected chi connectivity index (χ3v) is 3.61. The van der Waals surface area contributed by atoms with Gasteiger partial charge in [0.1, 0.15) is 11.6 Å². The van der Waals surface area contributed by atoms with E-state index in [-0.39, 0.29) is 4.83 Å². The zero-order valence-corrected chi connectivity index (χ0v) is 11.4. The first kappa shape index (κ1) is 13.1. The van der Waals surface area contributed by atoms with E-state index in [1.54, 1.807) is 6.20 Å². The van der Waals surface area contributed by atoms with Gasteiger partial charge in [-0.15, -0.1) is 0 Å². The number of hydrogen-bond donors (Lipinski definition) is 0. The van der Waals surface area contributed by atoms with Gasteiger partial charge in [0.05, 0.1) is 0 Å². The number of pyridine rings is 1. The highest BCUT2D eigenvalue weighted by Gasteiger charge is 2.15. The molecule has 0 N–H and O–H groups in total. The molecule has 1 unspecified atom stereocenters. The Balaban J connectivity index is 2.22. The number of aromatic nitrogens is 1. The van der Waals surface area contributed by atoms with Gasteiger partial charge < -0.3 is 0 Å². The van der Waals surface area contributed by atoms with E-state index in [2.05, 4.69) is 20.9 Å². The summed E-state index contributed by atoms with van der Waals surface area (Å²) in [5.41, 5.74) is 2.41. The van der Waals surface area contributed by atoms with Crippen LogP contribution in [-0.4, -0.2) is 4.98 Å². The molecule has 1 aromatic heterocycles. The Morgan fingerprint density at radius 3 is 2.72 bits per heavy atom. The van der Waals surface area contributed by atoms with Gasteiger partial charge >= 0.3 is 0 Å². The van der Waals surface area contributed by atoms with Crippen LogP contribution in [0.5, 0.6) is 0 Å². The van der Waals surface area contributed by atoms with Gasteiger partial charge in [-0.05, 0) is 24.6 Å². The molecule has 0 aliphatic carbocycles. The maximum Gasteiger partial charge on any atom is 0.130 e. The van der Waals surface area contributed by atoms with Crippen molar-refractivity contribution >= 4 is 15.9 Å². The van der Waals surface area contributed by atoms with E-state index in [1.165, 1.54) is 12.1 Å². The van der Waals surface area contributed by atoms with Crippen LogP contribution in [0, 0.1) is 18.6 Å². The fourth-order valence-electron chi connectivity index (χ4n) is 1.77. The summed E-state index contributed by atoms with van der Waals surface area (Å²) in [6, 6.07) is 7.44. The molecule has 18 heavy (non-hydrogen) atoms. The van der Waals surface area contributed by atoms with Crippen molar-refractivity contribution in [3.05, 3.63) is 65.0 Å². The highest BCUT2D eigenvalue weighted by Crippen LogP contribution is 2.29. The minimum absolute atomic E-state index is 0.216. The van der Waals surface area contributed by atoms with E-state index in [1.807, 2.05) is 19.1 Å². The lowest BCUT2D eigenvalue weighted by Gasteiger charge is -2.12. The van der Waals surface area contributed by atoms with Crippen molar-refractivity contribution in [2.24, 2.45) is 0 Å². The third-order valence-electron chi connectivity index (χ3n) is 2.79. The molecule has 94 valence electrons. The zero-order valence-electron chi connectivity index (χ0n) is 9.83. The zero-order chi connectivity index (χ0) is 13.1. The first-order chi connectivity index (χ1) is 8.58. The molecule has 4 heteroatoms. The fourth-order valence-corrected chi connectivity index (χ4v) is 2.45. The molecule has 0 bridgehead atoms. The lowest BCUT2D eigenvalue weighted by molar-refractivity contribution is 0.570. The summed E-state index contributed by atoms with van der Waals surface area (Å²) in [4.78, 5) is 4.05. The standard InChI is InChI=1S/C14H12BrF2N/c1-9-3-2-6-18-14(9)8-12(15)11-5-4-10(16)7-13(11)17/h2-7,12H,8H2,1H3. The average molecular weight is 312 g/mol. The highest BCUT2D eigenvalue weighted by atomic mass is 79.9. The molecule has 1 nitrogen and oxygen atoms in total. The van der Waals surface area contributed by atoms with Gasteiger partial charge in [-0.1, -0.05) is 28.1 Å². The van der Waals surface area contributed by atoms with Crippen molar-refractivity contribution in [2.45, 2.75) is 18.2 Å². The summed E-state index contributed by atoms with van der Waals surface area (Å²) >= 11 is 3.43. The lowest BCUT2D eigenvalue weighted by Crippen LogP contribution is -2.02. The molecule has 0 saturated heterocycles. The van der Waals surface area contributed by atoms with Gasteiger partial charge in [-0.25, -0.2) is 8.78 Å². The maximum atomic E-state index is 13.6. The Bertz CT molecular complexity index is 557. The Hall–Kier alpha value is -1.29. The maximum absolute atomic E-state index is 13.6. The predicted molar refractivity (Wildman–Crippen MR) is 70.7 cm³/mol. The van der Waals surface area contributed by atoms with Crippen LogP contribution < -0.4 is 0 Å². The second-order valence-electron chi connectivity index (χ2n) is 4.10. The van der Waals surface area contributed by atoms with Gasteiger partial charge in [-0.3, -0.25) is 4.98 Å². The minimum Gasteiger partial charge on any atom is -0.261 e. The van der Waals surface area contributed by atoms with E-state index in [4.69, 9.17) is 0 Å². The molecule has 1 aromatic carbocycles. The van der Waals surface area contributed by atoms with Crippen molar-refractivity contribution in [3.8, 4) is 0 Å². The van der Waals surface area contributed by atoms with Crippen LogP contribution in [0.2, 0.25) is 0 Å². The van der Waals surface area contributed by atoms with Crippen molar-refractivity contribution in [1.29, 1.82) is 0 Å². The molecule has 0 aliphatic heterocycles. The molecule has 0 radical (unpaired) electrons. The van der Waals surface area contributed by atoms with Gasteiger partial charge in [0.2, 0.25) is 0 Å². The van der Waals surface area contributed by atoms with Crippen LogP contribution in [0.15, 0.2) is 36.5 Å². The first-order valence-electron chi connectivity index (χ1n) is 5.57. The number of rotatable bonds is 3. The van der Waals surface area contributed by atoms with Crippen LogP contribution in [0.4, 0.5) is 8.78 Å². The first-order valence-corrected chi connectivity index (χ1v) is 6.49. The number of aryl methyl sites for hydroxylation is 1. The van der Waals surface area contributed by atoms with Crippen LogP contribution in [0.1, 0.15) is 21.6 Å². The smallest absolute Gasteiger partial charge is 0.130 e. The molecule has 0 fully saturated rings. The number of hydrogen-bond acceptors (Lipinski definition) is 1. The summed E-state index contributed by atoms with van der Waals surface area (Å²) in [5, 5.41) is 0. The summed E-state index contributed by atoms with van der Waals surface area (Å²) < 4.78 is 26.4. The van der Waals surface area contributed by atoms with Crippen molar-refractivity contribution in [3.63, 3.8) is 0 Å². The van der Waals surface area contributed by atoms with Gasteiger partial charge in [-0.2, -0.15) is 0 Å². The Morgan fingerprint density at radius 1 is 1.28 bits per heavy atom. The van der Waals surface area contributed by atoms with E-state index in [9.17, 15) is 8.78 Å². The second-order valence-corrected chi connectivity index (χ2v) is 5.21. The van der Waals surface area contributed by atoms with Gasteiger partial charge in [0, 0.05) is 34.8 Å². The van der Waals surface area contributed by atoms with Crippen LogP contribution in [-0.2, 0) is 6.42 Å². The lowest BCUT2D eigenvalue weighted by atomic mass is 10.0. The quantitative estimate of drug-likeness (QED) is 0.768.